The third-order valence-corrected chi connectivity index (χ3v) is 10.1. The fourth-order valence-electron chi connectivity index (χ4n) is 7.44. The number of hydrogen-bond donors (Lipinski definition) is 2. The highest BCUT2D eigenvalue weighted by Gasteiger charge is 2.36. The lowest BCUT2D eigenvalue weighted by Crippen LogP contribution is -2.54. The molecule has 17 heteroatoms. The summed E-state index contributed by atoms with van der Waals surface area (Å²) >= 11 is 0. The van der Waals surface area contributed by atoms with Crippen molar-refractivity contribution in [1.82, 2.24) is 34.2 Å². The third-order valence-electron chi connectivity index (χ3n) is 10.1. The summed E-state index contributed by atoms with van der Waals surface area (Å²) in [4.78, 5) is 60.0. The van der Waals surface area contributed by atoms with Gasteiger partial charge in [0.2, 0.25) is 11.8 Å². The monoisotopic (exact) mass is 717 g/mol. The SMILES string of the molecule is Cn1c(=O)n(C2CCC(=O)NC2=O)c2cccc(N3CC(O[C@H]4CC[C@H](n5cc6cc(NC(=O)c7cccc(C(F)(F)F)n7)ncc6n5)CC4)C3)c21. The quantitative estimate of drug-likeness (QED) is 0.237. The number of halogens is 3. The van der Waals surface area contributed by atoms with Crippen LogP contribution in [0, 0.1) is 0 Å². The minimum atomic E-state index is -4.66. The first-order valence-electron chi connectivity index (χ1n) is 17.1. The molecule has 2 aliphatic heterocycles. The number of pyridine rings is 2. The molecule has 1 unspecified atom stereocenters. The molecular weight excluding hydrogens is 683 g/mol. The third kappa shape index (κ3) is 6.18. The molecular formula is C35H34F3N9O5. The maximum atomic E-state index is 13.3. The van der Waals surface area contributed by atoms with E-state index in [1.165, 1.54) is 16.8 Å². The van der Waals surface area contributed by atoms with E-state index in [9.17, 15) is 32.3 Å². The lowest BCUT2D eigenvalue weighted by atomic mass is 9.92. The molecule has 2 saturated heterocycles. The lowest BCUT2D eigenvalue weighted by Gasteiger charge is -2.43. The van der Waals surface area contributed by atoms with Gasteiger partial charge in [-0.1, -0.05) is 12.1 Å². The Kier molecular flexibility index (Phi) is 8.31. The van der Waals surface area contributed by atoms with E-state index in [0.717, 1.165) is 54.4 Å². The summed E-state index contributed by atoms with van der Waals surface area (Å²) in [5.74, 6) is -1.42. The first kappa shape index (κ1) is 33.6. The van der Waals surface area contributed by atoms with Gasteiger partial charge in [0.15, 0.2) is 0 Å². The maximum absolute atomic E-state index is 13.3. The van der Waals surface area contributed by atoms with Crippen LogP contribution in [0.4, 0.5) is 24.7 Å². The van der Waals surface area contributed by atoms with Gasteiger partial charge in [-0.2, -0.15) is 18.3 Å². The molecule has 14 nitrogen and oxygen atoms in total. The Labute approximate surface area is 293 Å². The molecule has 1 aromatic carbocycles. The molecule has 0 bridgehead atoms. The van der Waals surface area contributed by atoms with E-state index >= 15 is 0 Å². The van der Waals surface area contributed by atoms with E-state index in [0.29, 0.717) is 24.1 Å². The second kappa shape index (κ2) is 12.9. The smallest absolute Gasteiger partial charge is 0.371 e. The van der Waals surface area contributed by atoms with Crippen molar-refractivity contribution in [1.29, 1.82) is 0 Å². The van der Waals surface area contributed by atoms with Gasteiger partial charge in [0.25, 0.3) is 5.91 Å². The predicted molar refractivity (Wildman–Crippen MR) is 182 cm³/mol. The molecule has 1 atom stereocenters. The van der Waals surface area contributed by atoms with Gasteiger partial charge in [-0.25, -0.2) is 14.8 Å². The van der Waals surface area contributed by atoms with E-state index in [1.807, 2.05) is 29.1 Å². The van der Waals surface area contributed by atoms with Crippen LogP contribution in [0.1, 0.15) is 66.8 Å². The van der Waals surface area contributed by atoms with Crippen LogP contribution in [0.3, 0.4) is 0 Å². The highest BCUT2D eigenvalue weighted by Crippen LogP contribution is 2.36. The van der Waals surface area contributed by atoms with Crippen molar-refractivity contribution in [3.8, 4) is 0 Å². The van der Waals surface area contributed by atoms with Crippen LogP contribution < -0.4 is 21.2 Å². The number of carbonyl (C=O) groups is 3. The first-order valence-corrected chi connectivity index (χ1v) is 17.1. The first-order chi connectivity index (χ1) is 24.9. The number of aromatic nitrogens is 6. The Morgan fingerprint density at radius 3 is 2.52 bits per heavy atom. The zero-order valence-electron chi connectivity index (χ0n) is 28.0. The summed E-state index contributed by atoms with van der Waals surface area (Å²) < 4.78 is 50.5. The van der Waals surface area contributed by atoms with Crippen molar-refractivity contribution < 1.29 is 32.3 Å². The van der Waals surface area contributed by atoms with Crippen molar-refractivity contribution in [2.24, 2.45) is 7.05 Å². The Morgan fingerprint density at radius 1 is 1.00 bits per heavy atom. The van der Waals surface area contributed by atoms with E-state index < -0.39 is 29.7 Å². The molecule has 8 rings (SSSR count). The number of alkyl halides is 3. The predicted octanol–water partition coefficient (Wildman–Crippen LogP) is 4.12. The molecule has 2 N–H and O–H groups in total. The Hall–Kier alpha value is -5.58. The number of fused-ring (bicyclic) bond motifs is 2. The average Bonchev–Trinajstić information content (AvgIpc) is 3.64. The summed E-state index contributed by atoms with van der Waals surface area (Å²) in [7, 11) is 1.70. The van der Waals surface area contributed by atoms with Gasteiger partial charge in [-0.3, -0.25) is 33.5 Å². The van der Waals surface area contributed by atoms with Gasteiger partial charge in [0.1, 0.15) is 28.8 Å². The molecule has 4 aromatic heterocycles. The number of nitrogens with zero attached hydrogens (tertiary/aromatic N) is 7. The summed E-state index contributed by atoms with van der Waals surface area (Å²) in [6, 6.07) is 9.84. The van der Waals surface area contributed by atoms with Crippen molar-refractivity contribution in [3.05, 3.63) is 76.7 Å². The van der Waals surface area contributed by atoms with Crippen LogP contribution in [-0.2, 0) is 27.5 Å². The second-order valence-corrected chi connectivity index (χ2v) is 13.5. The summed E-state index contributed by atoms with van der Waals surface area (Å²) in [5.41, 5.74) is 1.08. The van der Waals surface area contributed by atoms with Crippen LogP contribution >= 0.6 is 0 Å². The normalized spacial score (nSPS) is 21.4. The van der Waals surface area contributed by atoms with E-state index in [2.05, 4.69) is 30.6 Å². The van der Waals surface area contributed by atoms with Gasteiger partial charge in [-0.05, 0) is 62.4 Å². The van der Waals surface area contributed by atoms with Crippen LogP contribution in [0.2, 0.25) is 0 Å². The number of piperidine rings is 1. The molecule has 0 spiro atoms. The van der Waals surface area contributed by atoms with E-state index in [4.69, 9.17) is 4.74 Å². The average molecular weight is 718 g/mol. The molecule has 52 heavy (non-hydrogen) atoms. The number of imide groups is 1. The van der Waals surface area contributed by atoms with Crippen LogP contribution in [0.15, 0.2) is 59.7 Å². The van der Waals surface area contributed by atoms with Crippen molar-refractivity contribution >= 4 is 51.2 Å². The molecule has 3 amide bonds. The standard InChI is InChI=1S/C35H34F3N9O5/c1-44-31-25(5-3-6-26(31)47(34(44)51)27-12-13-30(48)42-33(27)50)45-17-22(18-45)52-21-10-8-20(9-11-21)46-16-19-14-29(39-15-24(19)43-46)41-32(49)23-4-2-7-28(40-23)35(36,37)38/h2-7,14-16,20-22,27H,8-13,17-18H2,1H3,(H,41,49)(H,42,48,50)/t20-,21-,27?. The van der Waals surface area contributed by atoms with E-state index in [1.54, 1.807) is 17.7 Å². The molecule has 1 aliphatic carbocycles. The zero-order chi connectivity index (χ0) is 36.3. The number of para-hydroxylation sites is 1. The van der Waals surface area contributed by atoms with Crippen LogP contribution in [0.5, 0.6) is 0 Å². The molecule has 270 valence electrons. The van der Waals surface area contributed by atoms with Gasteiger partial charge in [0, 0.05) is 38.1 Å². The van der Waals surface area contributed by atoms with Crippen molar-refractivity contribution in [3.63, 3.8) is 0 Å². The molecule has 3 fully saturated rings. The number of benzene rings is 1. The fourth-order valence-corrected chi connectivity index (χ4v) is 7.44. The second-order valence-electron chi connectivity index (χ2n) is 13.5. The summed E-state index contributed by atoms with van der Waals surface area (Å²) in [6.45, 7) is 1.33. The summed E-state index contributed by atoms with van der Waals surface area (Å²) in [6.07, 6.45) is 2.70. The minimum absolute atomic E-state index is 0.0317. The molecule has 3 aliphatic rings. The minimum Gasteiger partial charge on any atom is -0.371 e. The topological polar surface area (TPSA) is 158 Å². The van der Waals surface area contributed by atoms with Gasteiger partial charge >= 0.3 is 11.9 Å². The number of hydrogen-bond acceptors (Lipinski definition) is 9. The Balaban J connectivity index is 0.866. The highest BCUT2D eigenvalue weighted by molar-refractivity contribution is 6.03. The number of aryl methyl sites for hydroxylation is 1. The van der Waals surface area contributed by atoms with Crippen molar-refractivity contribution in [2.75, 3.05) is 23.3 Å². The number of imidazole rings is 1. The highest BCUT2D eigenvalue weighted by atomic mass is 19.4. The van der Waals surface area contributed by atoms with Gasteiger partial charge in [0.05, 0.1) is 41.2 Å². The van der Waals surface area contributed by atoms with E-state index in [-0.39, 0.29) is 54.2 Å². The molecule has 0 radical (unpaired) electrons. The number of rotatable bonds is 7. The Bertz CT molecular complexity index is 2280. The lowest BCUT2D eigenvalue weighted by molar-refractivity contribution is -0.141. The van der Waals surface area contributed by atoms with Crippen LogP contribution in [-0.4, -0.2) is 71.9 Å². The van der Waals surface area contributed by atoms with Crippen molar-refractivity contribution in [2.45, 2.75) is 69.0 Å². The number of anilines is 2. The van der Waals surface area contributed by atoms with Gasteiger partial charge in [-0.15, -0.1) is 0 Å². The number of ether oxygens (including phenoxy) is 1. The maximum Gasteiger partial charge on any atom is 0.433 e. The molecule has 6 heterocycles. The Morgan fingerprint density at radius 2 is 1.77 bits per heavy atom. The molecule has 1 saturated carbocycles. The molecule has 5 aromatic rings. The number of carbonyl (C=O) groups excluding carboxylic acids is 3. The largest absolute Gasteiger partial charge is 0.433 e. The number of amides is 3. The number of nitrogens with one attached hydrogen (secondary N) is 2. The fraction of sp³-hybridized carbons (Fsp3) is 0.400. The zero-order valence-corrected chi connectivity index (χ0v) is 28.0. The van der Waals surface area contributed by atoms with Gasteiger partial charge < -0.3 is 15.0 Å². The summed E-state index contributed by atoms with van der Waals surface area (Å²) in [5, 5.41) is 10.3. The van der Waals surface area contributed by atoms with Crippen LogP contribution in [0.25, 0.3) is 21.9 Å².